The monoisotopic (exact) mass is 400 g/mol. The average Bonchev–Trinajstić information content (AvgIpc) is 3.13. The third-order valence-electron chi connectivity index (χ3n) is 4.95. The standard InChI is InChI=1S/C20H25ClN6O/c1-2-3-11-23-20(24-14-22)27-13-17(26-12-5-4-6-18(26)28)19(25-27)15-7-9-16(21)10-8-15/h7-10,17H,2-6,11-13H2,1H3,(H,23,24). The molecule has 0 aliphatic carbocycles. The second-order valence-corrected chi connectivity index (χ2v) is 7.37. The van der Waals surface area contributed by atoms with Crippen molar-refractivity contribution < 1.29 is 4.79 Å². The first-order valence-corrected chi connectivity index (χ1v) is 10.1. The number of halogens is 1. The number of hydrogen-bond donors (Lipinski definition) is 1. The van der Waals surface area contributed by atoms with Crippen LogP contribution in [0.5, 0.6) is 0 Å². The number of benzene rings is 1. The molecule has 148 valence electrons. The molecule has 3 rings (SSSR count). The van der Waals surface area contributed by atoms with Crippen LogP contribution in [0, 0.1) is 11.5 Å². The van der Waals surface area contributed by atoms with Crippen molar-refractivity contribution in [3.8, 4) is 6.19 Å². The van der Waals surface area contributed by atoms with Crippen LogP contribution in [0.3, 0.4) is 0 Å². The van der Waals surface area contributed by atoms with Gasteiger partial charge in [-0.15, -0.1) is 0 Å². The van der Waals surface area contributed by atoms with Crippen LogP contribution in [0.1, 0.15) is 44.6 Å². The molecule has 0 saturated carbocycles. The van der Waals surface area contributed by atoms with Gasteiger partial charge < -0.3 is 4.90 Å². The normalized spacial score (nSPS) is 20.2. The van der Waals surface area contributed by atoms with E-state index in [1.807, 2.05) is 35.4 Å². The van der Waals surface area contributed by atoms with Gasteiger partial charge in [-0.1, -0.05) is 37.1 Å². The van der Waals surface area contributed by atoms with Gasteiger partial charge in [0, 0.05) is 30.1 Å². The second kappa shape index (κ2) is 9.56. The zero-order valence-corrected chi connectivity index (χ0v) is 16.8. The molecule has 2 heterocycles. The first-order valence-electron chi connectivity index (χ1n) is 9.75. The van der Waals surface area contributed by atoms with E-state index in [9.17, 15) is 4.79 Å². The third kappa shape index (κ3) is 4.63. The van der Waals surface area contributed by atoms with Crippen LogP contribution in [0.25, 0.3) is 0 Å². The summed E-state index contributed by atoms with van der Waals surface area (Å²) in [6, 6.07) is 7.29. The van der Waals surface area contributed by atoms with E-state index in [0.717, 1.165) is 43.5 Å². The number of amides is 1. The van der Waals surface area contributed by atoms with Gasteiger partial charge in [0.15, 0.2) is 6.19 Å². The number of piperidine rings is 1. The van der Waals surface area contributed by atoms with Gasteiger partial charge in [-0.25, -0.2) is 5.01 Å². The summed E-state index contributed by atoms with van der Waals surface area (Å²) >= 11 is 6.04. The van der Waals surface area contributed by atoms with Gasteiger partial charge in [-0.05, 0) is 31.4 Å². The number of guanidine groups is 1. The molecule has 2 aliphatic heterocycles. The lowest BCUT2D eigenvalue weighted by molar-refractivity contribution is -0.134. The topological polar surface area (TPSA) is 84.1 Å². The number of likely N-dealkylation sites (tertiary alicyclic amines) is 1. The Morgan fingerprint density at radius 2 is 2.18 bits per heavy atom. The molecular weight excluding hydrogens is 376 g/mol. The highest BCUT2D eigenvalue weighted by Crippen LogP contribution is 2.24. The summed E-state index contributed by atoms with van der Waals surface area (Å²) in [5.41, 5.74) is 1.72. The number of nitrogens with zero attached hydrogens (tertiary/aromatic N) is 5. The van der Waals surface area contributed by atoms with Gasteiger partial charge in [0.2, 0.25) is 11.9 Å². The molecule has 1 atom stereocenters. The van der Waals surface area contributed by atoms with E-state index >= 15 is 0 Å². The molecular formula is C20H25ClN6O. The molecule has 0 aromatic heterocycles. The number of unbranched alkanes of at least 4 members (excludes halogenated alkanes) is 1. The molecule has 1 amide bonds. The fraction of sp³-hybridized carbons (Fsp3) is 0.500. The number of rotatable bonds is 5. The molecule has 28 heavy (non-hydrogen) atoms. The Balaban J connectivity index is 1.92. The van der Waals surface area contributed by atoms with Crippen molar-refractivity contribution in [2.45, 2.75) is 45.1 Å². The first-order chi connectivity index (χ1) is 13.6. The molecule has 1 N–H and O–H groups in total. The van der Waals surface area contributed by atoms with Crippen molar-refractivity contribution in [1.29, 1.82) is 5.26 Å². The van der Waals surface area contributed by atoms with Crippen LogP contribution >= 0.6 is 11.6 Å². The highest BCUT2D eigenvalue weighted by atomic mass is 35.5. The summed E-state index contributed by atoms with van der Waals surface area (Å²) in [5.74, 6) is 0.576. The number of nitrogens with one attached hydrogen (secondary N) is 1. The van der Waals surface area contributed by atoms with Crippen molar-refractivity contribution in [2.24, 2.45) is 10.1 Å². The Morgan fingerprint density at radius 3 is 2.86 bits per heavy atom. The predicted molar refractivity (Wildman–Crippen MR) is 110 cm³/mol. The Hall–Kier alpha value is -2.59. The van der Waals surface area contributed by atoms with Crippen LogP contribution in [-0.4, -0.2) is 53.2 Å². The van der Waals surface area contributed by atoms with Gasteiger partial charge in [-0.2, -0.15) is 10.4 Å². The van der Waals surface area contributed by atoms with Crippen molar-refractivity contribution in [1.82, 2.24) is 15.2 Å². The van der Waals surface area contributed by atoms with E-state index in [-0.39, 0.29) is 11.9 Å². The zero-order valence-electron chi connectivity index (χ0n) is 16.1. The Morgan fingerprint density at radius 1 is 1.39 bits per heavy atom. The summed E-state index contributed by atoms with van der Waals surface area (Å²) in [6.45, 7) is 3.91. The lowest BCUT2D eigenvalue weighted by Gasteiger charge is -2.33. The smallest absolute Gasteiger partial charge is 0.228 e. The summed E-state index contributed by atoms with van der Waals surface area (Å²) in [7, 11) is 0. The molecule has 1 fully saturated rings. The minimum atomic E-state index is -0.175. The van der Waals surface area contributed by atoms with Crippen molar-refractivity contribution in [2.75, 3.05) is 19.6 Å². The summed E-state index contributed by atoms with van der Waals surface area (Å²) in [5, 5.41) is 18.9. The van der Waals surface area contributed by atoms with Crippen LogP contribution in [0.15, 0.2) is 34.4 Å². The Labute approximate surface area is 170 Å². The number of aliphatic imine (C=N–C) groups is 1. The lowest BCUT2D eigenvalue weighted by atomic mass is 10.00. The van der Waals surface area contributed by atoms with Crippen molar-refractivity contribution in [3.05, 3.63) is 34.9 Å². The van der Waals surface area contributed by atoms with Crippen LogP contribution < -0.4 is 5.32 Å². The van der Waals surface area contributed by atoms with Gasteiger partial charge >= 0.3 is 0 Å². The summed E-state index contributed by atoms with van der Waals surface area (Å²) in [4.78, 5) is 19.0. The van der Waals surface area contributed by atoms with Gasteiger partial charge in [0.1, 0.15) is 0 Å². The Kier molecular flexibility index (Phi) is 6.88. The number of hydrazone groups is 1. The van der Waals surface area contributed by atoms with Gasteiger partial charge in [0.05, 0.1) is 18.3 Å². The molecule has 1 aromatic carbocycles. The predicted octanol–water partition coefficient (Wildman–Crippen LogP) is 2.97. The van der Waals surface area contributed by atoms with Crippen LogP contribution in [-0.2, 0) is 4.79 Å². The SMILES string of the molecule is CCCCN=C(NC#N)N1CC(N2CCCCC2=O)C(c2ccc(Cl)cc2)=N1. The average molecular weight is 401 g/mol. The maximum Gasteiger partial charge on any atom is 0.228 e. The fourth-order valence-electron chi connectivity index (χ4n) is 3.47. The highest BCUT2D eigenvalue weighted by Gasteiger charge is 2.37. The molecule has 0 bridgehead atoms. The number of carbonyl (C=O) groups is 1. The van der Waals surface area contributed by atoms with Crippen LogP contribution in [0.2, 0.25) is 5.02 Å². The summed E-state index contributed by atoms with van der Waals surface area (Å²) in [6.07, 6.45) is 6.39. The third-order valence-corrected chi connectivity index (χ3v) is 5.20. The minimum Gasteiger partial charge on any atom is -0.332 e. The molecule has 1 unspecified atom stereocenters. The van der Waals surface area contributed by atoms with E-state index in [1.54, 1.807) is 5.01 Å². The quantitative estimate of drug-likeness (QED) is 0.271. The first kappa shape index (κ1) is 20.2. The number of nitriles is 1. The second-order valence-electron chi connectivity index (χ2n) is 6.93. The summed E-state index contributed by atoms with van der Waals surface area (Å²) < 4.78 is 0. The molecule has 7 nitrogen and oxygen atoms in total. The Bertz CT molecular complexity index is 798. The molecule has 0 radical (unpaired) electrons. The molecule has 2 aliphatic rings. The molecule has 8 heteroatoms. The van der Waals surface area contributed by atoms with E-state index in [4.69, 9.17) is 22.0 Å². The van der Waals surface area contributed by atoms with Gasteiger partial charge in [0.25, 0.3) is 0 Å². The lowest BCUT2D eigenvalue weighted by Crippen LogP contribution is -2.49. The van der Waals surface area contributed by atoms with E-state index in [0.29, 0.717) is 30.5 Å². The number of carbonyl (C=O) groups excluding carboxylic acids is 1. The molecule has 1 aromatic rings. The largest absolute Gasteiger partial charge is 0.332 e. The number of hydrogen-bond acceptors (Lipinski definition) is 4. The highest BCUT2D eigenvalue weighted by molar-refractivity contribution is 6.30. The molecule has 0 spiro atoms. The van der Waals surface area contributed by atoms with Crippen molar-refractivity contribution in [3.63, 3.8) is 0 Å². The maximum absolute atomic E-state index is 12.6. The molecule has 1 saturated heterocycles. The zero-order chi connectivity index (χ0) is 19.9. The van der Waals surface area contributed by atoms with Gasteiger partial charge in [-0.3, -0.25) is 15.1 Å². The van der Waals surface area contributed by atoms with E-state index in [2.05, 4.69) is 17.2 Å². The van der Waals surface area contributed by atoms with E-state index in [1.165, 1.54) is 0 Å². The fourth-order valence-corrected chi connectivity index (χ4v) is 3.60. The minimum absolute atomic E-state index is 0.150. The van der Waals surface area contributed by atoms with E-state index < -0.39 is 0 Å². The maximum atomic E-state index is 12.6. The van der Waals surface area contributed by atoms with Crippen LogP contribution in [0.4, 0.5) is 0 Å². The van der Waals surface area contributed by atoms with Crippen molar-refractivity contribution >= 4 is 29.2 Å².